The molecule has 0 aromatic carbocycles. The molecule has 0 bridgehead atoms. The van der Waals surface area contributed by atoms with Crippen molar-refractivity contribution in [3.05, 3.63) is 0 Å². The zero-order valence-electron chi connectivity index (χ0n) is 14.7. The van der Waals surface area contributed by atoms with E-state index in [-0.39, 0.29) is 6.10 Å². The smallest absolute Gasteiger partial charge is 0.0555 e. The number of rotatable bonds is 7. The second-order valence-electron chi connectivity index (χ2n) is 7.87. The Morgan fingerprint density at radius 3 is 2.35 bits per heavy atom. The lowest BCUT2D eigenvalue weighted by molar-refractivity contribution is -0.0219. The van der Waals surface area contributed by atoms with Crippen LogP contribution in [0, 0.1) is 17.3 Å². The van der Waals surface area contributed by atoms with Gasteiger partial charge in [-0.05, 0) is 49.5 Å². The molecule has 1 N–H and O–H groups in total. The minimum atomic E-state index is -0.0876. The van der Waals surface area contributed by atoms with Crippen LogP contribution in [-0.4, -0.2) is 35.2 Å². The summed E-state index contributed by atoms with van der Waals surface area (Å²) in [5, 5.41) is 10.2. The van der Waals surface area contributed by atoms with Gasteiger partial charge >= 0.3 is 0 Å². The Hall–Kier alpha value is -0.0800. The van der Waals surface area contributed by atoms with Crippen molar-refractivity contribution in [2.24, 2.45) is 17.3 Å². The van der Waals surface area contributed by atoms with Gasteiger partial charge in [0.1, 0.15) is 0 Å². The molecule has 1 rings (SSSR count). The molecule has 120 valence electrons. The summed E-state index contributed by atoms with van der Waals surface area (Å²) in [5.41, 5.74) is 0.383. The normalized spacial score (nSPS) is 28.4. The molecule has 1 aliphatic rings. The van der Waals surface area contributed by atoms with E-state index in [4.69, 9.17) is 0 Å². The second kappa shape index (κ2) is 7.79. The third kappa shape index (κ3) is 4.73. The minimum Gasteiger partial charge on any atom is -0.393 e. The van der Waals surface area contributed by atoms with Gasteiger partial charge in [-0.2, -0.15) is 0 Å². The molecule has 1 saturated carbocycles. The Bertz CT molecular complexity index is 275. The van der Waals surface area contributed by atoms with Crippen molar-refractivity contribution in [2.75, 3.05) is 13.1 Å². The van der Waals surface area contributed by atoms with Gasteiger partial charge in [0, 0.05) is 12.6 Å². The lowest BCUT2D eigenvalue weighted by Crippen LogP contribution is -2.51. The van der Waals surface area contributed by atoms with Crippen molar-refractivity contribution in [1.82, 2.24) is 4.90 Å². The maximum Gasteiger partial charge on any atom is 0.0555 e. The molecule has 0 radical (unpaired) electrons. The molecule has 2 heteroatoms. The molecule has 0 aliphatic heterocycles. The molecule has 0 spiro atoms. The highest BCUT2D eigenvalue weighted by atomic mass is 16.3. The predicted octanol–water partition coefficient (Wildman–Crippen LogP) is 4.32. The van der Waals surface area contributed by atoms with Crippen molar-refractivity contribution in [1.29, 1.82) is 0 Å². The molecule has 0 aromatic rings. The summed E-state index contributed by atoms with van der Waals surface area (Å²) in [7, 11) is 0. The summed E-state index contributed by atoms with van der Waals surface area (Å²) in [6, 6.07) is 0.566. The van der Waals surface area contributed by atoms with Gasteiger partial charge in [-0.25, -0.2) is 0 Å². The molecule has 0 heterocycles. The van der Waals surface area contributed by atoms with Crippen LogP contribution in [0.1, 0.15) is 73.6 Å². The van der Waals surface area contributed by atoms with Gasteiger partial charge in [0.25, 0.3) is 0 Å². The van der Waals surface area contributed by atoms with Crippen LogP contribution in [0.3, 0.4) is 0 Å². The van der Waals surface area contributed by atoms with E-state index in [1.165, 1.54) is 32.4 Å². The topological polar surface area (TPSA) is 23.5 Å². The highest BCUT2D eigenvalue weighted by Gasteiger charge is 2.40. The largest absolute Gasteiger partial charge is 0.393 e. The second-order valence-corrected chi connectivity index (χ2v) is 7.87. The minimum absolute atomic E-state index is 0.0876. The Morgan fingerprint density at radius 1 is 1.20 bits per heavy atom. The maximum atomic E-state index is 10.2. The molecule has 0 aromatic heterocycles. The molecule has 0 amide bonds. The SMILES string of the molecule is CCCN(CC(C)C)C1CC(O)CCC1C(C)(C)CC. The quantitative estimate of drug-likeness (QED) is 0.752. The van der Waals surface area contributed by atoms with Crippen LogP contribution in [0.4, 0.5) is 0 Å². The Kier molecular flexibility index (Phi) is 7.00. The van der Waals surface area contributed by atoms with Gasteiger partial charge in [0.05, 0.1) is 6.10 Å². The van der Waals surface area contributed by atoms with Crippen LogP contribution in [0.5, 0.6) is 0 Å². The molecular weight excluding hydrogens is 246 g/mol. The van der Waals surface area contributed by atoms with E-state index in [2.05, 4.69) is 46.4 Å². The molecule has 3 unspecified atom stereocenters. The van der Waals surface area contributed by atoms with Crippen LogP contribution in [-0.2, 0) is 0 Å². The van der Waals surface area contributed by atoms with Crippen LogP contribution in [0.15, 0.2) is 0 Å². The highest BCUT2D eigenvalue weighted by molar-refractivity contribution is 4.93. The lowest BCUT2D eigenvalue weighted by Gasteiger charge is -2.48. The average Bonchev–Trinajstić information content (AvgIpc) is 2.37. The van der Waals surface area contributed by atoms with Crippen molar-refractivity contribution in [3.63, 3.8) is 0 Å². The first-order valence-corrected chi connectivity index (χ1v) is 8.73. The number of aliphatic hydroxyl groups is 1. The fourth-order valence-corrected chi connectivity index (χ4v) is 3.85. The monoisotopic (exact) mass is 283 g/mol. The fraction of sp³-hybridized carbons (Fsp3) is 1.00. The molecule has 0 saturated heterocycles. The Balaban J connectivity index is 2.91. The third-order valence-electron chi connectivity index (χ3n) is 5.28. The standard InChI is InChI=1S/C18H37NO/c1-7-11-19(13-14(3)4)17-12-15(20)9-10-16(17)18(5,6)8-2/h14-17,20H,7-13H2,1-6H3. The van der Waals surface area contributed by atoms with Crippen molar-refractivity contribution < 1.29 is 5.11 Å². The van der Waals surface area contributed by atoms with Gasteiger partial charge < -0.3 is 5.11 Å². The van der Waals surface area contributed by atoms with Crippen LogP contribution >= 0.6 is 0 Å². The van der Waals surface area contributed by atoms with Gasteiger partial charge in [-0.3, -0.25) is 4.90 Å². The number of hydrogen-bond donors (Lipinski definition) is 1. The first-order chi connectivity index (χ1) is 9.31. The highest BCUT2D eigenvalue weighted by Crippen LogP contribution is 2.42. The van der Waals surface area contributed by atoms with Gasteiger partial charge in [-0.15, -0.1) is 0 Å². The van der Waals surface area contributed by atoms with Crippen molar-refractivity contribution >= 4 is 0 Å². The zero-order chi connectivity index (χ0) is 15.3. The Labute approximate surface area is 126 Å². The van der Waals surface area contributed by atoms with E-state index in [1.54, 1.807) is 0 Å². The molecule has 20 heavy (non-hydrogen) atoms. The molecule has 1 aliphatic carbocycles. The maximum absolute atomic E-state index is 10.2. The fourth-order valence-electron chi connectivity index (χ4n) is 3.85. The zero-order valence-corrected chi connectivity index (χ0v) is 14.7. The summed E-state index contributed by atoms with van der Waals surface area (Å²) in [6.07, 6.45) is 5.50. The van der Waals surface area contributed by atoms with Crippen molar-refractivity contribution in [3.8, 4) is 0 Å². The summed E-state index contributed by atoms with van der Waals surface area (Å²) in [5.74, 6) is 1.42. The lowest BCUT2D eigenvalue weighted by atomic mass is 9.66. The first kappa shape index (κ1) is 18.0. The van der Waals surface area contributed by atoms with Gasteiger partial charge in [0.2, 0.25) is 0 Å². The third-order valence-corrected chi connectivity index (χ3v) is 5.28. The number of hydrogen-bond acceptors (Lipinski definition) is 2. The average molecular weight is 284 g/mol. The number of nitrogens with zero attached hydrogens (tertiary/aromatic N) is 1. The van der Waals surface area contributed by atoms with Crippen LogP contribution in [0.2, 0.25) is 0 Å². The molecule has 2 nitrogen and oxygen atoms in total. The summed E-state index contributed by atoms with van der Waals surface area (Å²) in [4.78, 5) is 2.68. The van der Waals surface area contributed by atoms with E-state index >= 15 is 0 Å². The molecule has 3 atom stereocenters. The van der Waals surface area contributed by atoms with E-state index in [9.17, 15) is 5.11 Å². The first-order valence-electron chi connectivity index (χ1n) is 8.73. The van der Waals surface area contributed by atoms with E-state index in [0.717, 1.165) is 18.8 Å². The van der Waals surface area contributed by atoms with Gasteiger partial charge in [-0.1, -0.05) is 48.0 Å². The summed E-state index contributed by atoms with van der Waals surface area (Å²) >= 11 is 0. The Morgan fingerprint density at radius 2 is 1.85 bits per heavy atom. The molecule has 1 fully saturated rings. The summed E-state index contributed by atoms with van der Waals surface area (Å²) < 4.78 is 0. The van der Waals surface area contributed by atoms with Crippen molar-refractivity contribution in [2.45, 2.75) is 85.8 Å². The number of aliphatic hydroxyl groups excluding tert-OH is 1. The van der Waals surface area contributed by atoms with Crippen LogP contribution in [0.25, 0.3) is 0 Å². The van der Waals surface area contributed by atoms with Crippen LogP contribution < -0.4 is 0 Å². The molecular formula is C18H37NO. The van der Waals surface area contributed by atoms with E-state index in [1.807, 2.05) is 0 Å². The summed E-state index contributed by atoms with van der Waals surface area (Å²) in [6.45, 7) is 16.4. The van der Waals surface area contributed by atoms with E-state index < -0.39 is 0 Å². The predicted molar refractivity (Wildman–Crippen MR) is 87.9 cm³/mol. The van der Waals surface area contributed by atoms with Gasteiger partial charge in [0.15, 0.2) is 0 Å². The van der Waals surface area contributed by atoms with E-state index in [0.29, 0.717) is 17.4 Å².